The molecule has 0 saturated carbocycles. The Hall–Kier alpha value is -3.29. The first kappa shape index (κ1) is 20.0. The SMILES string of the molecule is COc1ccc(-c2nc3ncccc3o2)cc1NC(=O)COc1ccc(Cl)cc1Cl. The third kappa shape index (κ3) is 4.32. The van der Waals surface area contributed by atoms with E-state index in [4.69, 9.17) is 37.1 Å². The average molecular weight is 444 g/mol. The van der Waals surface area contributed by atoms with E-state index in [1.807, 2.05) is 0 Å². The zero-order chi connectivity index (χ0) is 21.1. The van der Waals surface area contributed by atoms with Crippen molar-refractivity contribution in [3.05, 3.63) is 64.8 Å². The van der Waals surface area contributed by atoms with Crippen LogP contribution in [-0.4, -0.2) is 29.6 Å². The van der Waals surface area contributed by atoms with Crippen molar-refractivity contribution in [2.75, 3.05) is 19.0 Å². The van der Waals surface area contributed by atoms with E-state index in [1.165, 1.54) is 13.2 Å². The van der Waals surface area contributed by atoms with E-state index in [9.17, 15) is 4.79 Å². The zero-order valence-electron chi connectivity index (χ0n) is 15.7. The van der Waals surface area contributed by atoms with Gasteiger partial charge in [0.05, 0.1) is 17.8 Å². The predicted molar refractivity (Wildman–Crippen MR) is 114 cm³/mol. The number of methoxy groups -OCH3 is 1. The van der Waals surface area contributed by atoms with Gasteiger partial charge in [-0.05, 0) is 48.5 Å². The minimum atomic E-state index is -0.393. The number of amides is 1. The molecule has 0 fully saturated rings. The third-order valence-electron chi connectivity index (χ3n) is 4.14. The van der Waals surface area contributed by atoms with Gasteiger partial charge < -0.3 is 19.2 Å². The average Bonchev–Trinajstić information content (AvgIpc) is 3.17. The number of carbonyl (C=O) groups is 1. The molecule has 2 aromatic heterocycles. The van der Waals surface area contributed by atoms with E-state index in [2.05, 4.69) is 15.3 Å². The van der Waals surface area contributed by atoms with Crippen molar-refractivity contribution < 1.29 is 18.7 Å². The molecule has 0 atom stereocenters. The number of oxazole rings is 1. The Morgan fingerprint density at radius 2 is 1.97 bits per heavy atom. The molecule has 0 radical (unpaired) electrons. The van der Waals surface area contributed by atoms with Crippen LogP contribution < -0.4 is 14.8 Å². The Morgan fingerprint density at radius 3 is 2.73 bits per heavy atom. The number of ether oxygens (including phenoxy) is 2. The fourth-order valence-electron chi connectivity index (χ4n) is 2.75. The summed E-state index contributed by atoms with van der Waals surface area (Å²) < 4.78 is 16.5. The maximum Gasteiger partial charge on any atom is 0.262 e. The molecule has 30 heavy (non-hydrogen) atoms. The maximum absolute atomic E-state index is 12.4. The van der Waals surface area contributed by atoms with Crippen molar-refractivity contribution in [3.63, 3.8) is 0 Å². The van der Waals surface area contributed by atoms with Crippen LogP contribution in [0.3, 0.4) is 0 Å². The minimum Gasteiger partial charge on any atom is -0.495 e. The Bertz CT molecular complexity index is 1190. The van der Waals surface area contributed by atoms with E-state index in [0.717, 1.165) is 0 Å². The number of rotatable bonds is 6. The summed E-state index contributed by atoms with van der Waals surface area (Å²) in [6.07, 6.45) is 1.64. The van der Waals surface area contributed by atoms with E-state index in [0.29, 0.717) is 49.9 Å². The maximum atomic E-state index is 12.4. The molecular formula is C21H15Cl2N3O4. The van der Waals surface area contributed by atoms with Gasteiger partial charge >= 0.3 is 0 Å². The number of hydrogen-bond acceptors (Lipinski definition) is 6. The van der Waals surface area contributed by atoms with Crippen LogP contribution in [0.4, 0.5) is 5.69 Å². The molecule has 9 heteroatoms. The van der Waals surface area contributed by atoms with Gasteiger partial charge in [-0.15, -0.1) is 0 Å². The number of hydrogen-bond donors (Lipinski definition) is 1. The van der Waals surface area contributed by atoms with Crippen LogP contribution in [0.1, 0.15) is 0 Å². The Balaban J connectivity index is 1.52. The number of nitrogens with one attached hydrogen (secondary N) is 1. The summed E-state index contributed by atoms with van der Waals surface area (Å²) in [5.41, 5.74) is 2.18. The number of fused-ring (bicyclic) bond motifs is 1. The van der Waals surface area contributed by atoms with Gasteiger partial charge in [0.15, 0.2) is 17.8 Å². The van der Waals surface area contributed by atoms with Gasteiger partial charge in [-0.2, -0.15) is 4.98 Å². The summed E-state index contributed by atoms with van der Waals surface area (Å²) in [4.78, 5) is 20.9. The van der Waals surface area contributed by atoms with E-state index in [-0.39, 0.29) is 6.61 Å². The topological polar surface area (TPSA) is 86.5 Å². The largest absolute Gasteiger partial charge is 0.495 e. The van der Waals surface area contributed by atoms with Gasteiger partial charge in [0.2, 0.25) is 5.89 Å². The number of benzene rings is 2. The molecule has 0 spiro atoms. The van der Waals surface area contributed by atoms with Crippen molar-refractivity contribution in [1.29, 1.82) is 0 Å². The Labute approximate surface area is 181 Å². The molecule has 4 aromatic rings. The molecule has 0 saturated heterocycles. The van der Waals surface area contributed by atoms with Gasteiger partial charge in [0.25, 0.3) is 5.91 Å². The molecular weight excluding hydrogens is 429 g/mol. The second-order valence-electron chi connectivity index (χ2n) is 6.17. The first-order valence-electron chi connectivity index (χ1n) is 8.81. The van der Waals surface area contributed by atoms with Crippen molar-refractivity contribution >= 4 is 46.0 Å². The molecule has 2 aromatic carbocycles. The molecule has 1 amide bonds. The fraction of sp³-hybridized carbons (Fsp3) is 0.0952. The first-order valence-corrected chi connectivity index (χ1v) is 9.57. The number of pyridine rings is 1. The Kier molecular flexibility index (Phi) is 5.74. The number of nitrogens with zero attached hydrogens (tertiary/aromatic N) is 2. The standard InChI is InChI=1S/C21H15Cl2N3O4/c1-28-17-6-4-12(21-26-20-18(30-21)3-2-8-24-20)9-15(17)25-19(27)11-29-16-7-5-13(22)10-14(16)23/h2-10H,11H2,1H3,(H,25,27). The lowest BCUT2D eigenvalue weighted by Crippen LogP contribution is -2.20. The summed E-state index contributed by atoms with van der Waals surface area (Å²) in [5.74, 6) is 0.823. The van der Waals surface area contributed by atoms with E-state index < -0.39 is 5.91 Å². The van der Waals surface area contributed by atoms with Crippen LogP contribution in [0.15, 0.2) is 59.1 Å². The highest BCUT2D eigenvalue weighted by Gasteiger charge is 2.14. The normalized spacial score (nSPS) is 10.8. The highest BCUT2D eigenvalue weighted by atomic mass is 35.5. The van der Waals surface area contributed by atoms with Crippen LogP contribution in [0.5, 0.6) is 11.5 Å². The van der Waals surface area contributed by atoms with E-state index in [1.54, 1.807) is 48.7 Å². The highest BCUT2D eigenvalue weighted by Crippen LogP contribution is 2.32. The number of carbonyl (C=O) groups excluding carboxylic acids is 1. The van der Waals surface area contributed by atoms with Gasteiger partial charge in [-0.3, -0.25) is 4.79 Å². The summed E-state index contributed by atoms with van der Waals surface area (Å²) in [6.45, 7) is -0.248. The van der Waals surface area contributed by atoms with Crippen LogP contribution in [0, 0.1) is 0 Å². The lowest BCUT2D eigenvalue weighted by atomic mass is 10.2. The molecule has 0 aliphatic carbocycles. The highest BCUT2D eigenvalue weighted by molar-refractivity contribution is 6.35. The zero-order valence-corrected chi connectivity index (χ0v) is 17.2. The van der Waals surface area contributed by atoms with Crippen molar-refractivity contribution in [3.8, 4) is 23.0 Å². The van der Waals surface area contributed by atoms with E-state index >= 15 is 0 Å². The second-order valence-corrected chi connectivity index (χ2v) is 7.01. The number of anilines is 1. The van der Waals surface area contributed by atoms with Crippen molar-refractivity contribution in [2.24, 2.45) is 0 Å². The molecule has 1 N–H and O–H groups in total. The molecule has 7 nitrogen and oxygen atoms in total. The lowest BCUT2D eigenvalue weighted by Gasteiger charge is -2.12. The van der Waals surface area contributed by atoms with Gasteiger partial charge in [0, 0.05) is 16.8 Å². The minimum absolute atomic E-state index is 0.248. The summed E-state index contributed by atoms with van der Waals surface area (Å²) in [6, 6.07) is 13.5. The van der Waals surface area contributed by atoms with Crippen LogP contribution in [0.2, 0.25) is 10.0 Å². The van der Waals surface area contributed by atoms with Crippen LogP contribution in [0.25, 0.3) is 22.7 Å². The molecule has 152 valence electrons. The van der Waals surface area contributed by atoms with Crippen molar-refractivity contribution in [1.82, 2.24) is 9.97 Å². The summed E-state index contributed by atoms with van der Waals surface area (Å²) in [7, 11) is 1.51. The van der Waals surface area contributed by atoms with Crippen LogP contribution >= 0.6 is 23.2 Å². The number of halogens is 2. The first-order chi connectivity index (χ1) is 14.5. The monoisotopic (exact) mass is 443 g/mol. The lowest BCUT2D eigenvalue weighted by molar-refractivity contribution is -0.118. The second kappa shape index (κ2) is 8.61. The van der Waals surface area contributed by atoms with Crippen LogP contribution in [-0.2, 0) is 4.79 Å². The molecule has 4 rings (SSSR count). The predicted octanol–water partition coefficient (Wildman–Crippen LogP) is 5.22. The molecule has 0 aliphatic rings. The van der Waals surface area contributed by atoms with Gasteiger partial charge in [0.1, 0.15) is 11.5 Å². The molecule has 0 aliphatic heterocycles. The molecule has 0 bridgehead atoms. The Morgan fingerprint density at radius 1 is 1.13 bits per heavy atom. The fourth-order valence-corrected chi connectivity index (χ4v) is 3.22. The quantitative estimate of drug-likeness (QED) is 0.439. The smallest absolute Gasteiger partial charge is 0.262 e. The number of aromatic nitrogens is 2. The van der Waals surface area contributed by atoms with Gasteiger partial charge in [-0.25, -0.2) is 4.98 Å². The molecule has 2 heterocycles. The third-order valence-corrected chi connectivity index (χ3v) is 4.67. The van der Waals surface area contributed by atoms with Gasteiger partial charge in [-0.1, -0.05) is 23.2 Å². The summed E-state index contributed by atoms with van der Waals surface area (Å²) >= 11 is 11.9. The van der Waals surface area contributed by atoms with Crippen molar-refractivity contribution in [2.45, 2.75) is 0 Å². The summed E-state index contributed by atoms with van der Waals surface area (Å²) in [5, 5.41) is 3.56. The molecule has 0 unspecified atom stereocenters.